The van der Waals surface area contributed by atoms with E-state index in [-0.39, 0.29) is 41.1 Å². The summed E-state index contributed by atoms with van der Waals surface area (Å²) in [6.45, 7) is 3.62. The highest BCUT2D eigenvalue weighted by molar-refractivity contribution is 6.30. The lowest BCUT2D eigenvalue weighted by Crippen LogP contribution is -2.22. The number of carboxylic acid groups (broad SMARTS) is 1. The van der Waals surface area contributed by atoms with E-state index in [1.54, 1.807) is 10.6 Å². The first kappa shape index (κ1) is 29.0. The monoisotopic (exact) mass is 558 g/mol. The number of nitrogens with one attached hydrogen (secondary N) is 1. The lowest BCUT2D eigenvalue weighted by atomic mass is 10.1. The number of anilines is 1. The molecular formula is C26H24ClF5N2O4. The minimum Gasteiger partial charge on any atom is -0.490 e. The number of hydrogen-bond donors (Lipinski definition) is 2. The number of rotatable bonds is 10. The molecule has 0 saturated heterocycles. The van der Waals surface area contributed by atoms with Crippen molar-refractivity contribution in [2.45, 2.75) is 45.3 Å². The summed E-state index contributed by atoms with van der Waals surface area (Å²) in [6.07, 6.45) is -4.54. The molecule has 0 fully saturated rings. The molecule has 0 bridgehead atoms. The summed E-state index contributed by atoms with van der Waals surface area (Å²) in [7, 11) is 0. The van der Waals surface area contributed by atoms with E-state index < -0.39 is 47.4 Å². The van der Waals surface area contributed by atoms with Crippen molar-refractivity contribution in [3.63, 3.8) is 0 Å². The first-order chi connectivity index (χ1) is 17.8. The number of benzene rings is 2. The van der Waals surface area contributed by atoms with Gasteiger partial charge in [-0.1, -0.05) is 24.6 Å². The van der Waals surface area contributed by atoms with Gasteiger partial charge in [0.1, 0.15) is 11.5 Å². The maximum absolute atomic E-state index is 14.0. The lowest BCUT2D eigenvalue weighted by Gasteiger charge is -2.20. The minimum absolute atomic E-state index is 0.0597. The molecule has 0 radical (unpaired) electrons. The number of halogens is 6. The summed E-state index contributed by atoms with van der Waals surface area (Å²) in [5.74, 6) is -4.18. The smallest absolute Gasteiger partial charge is 0.418 e. The molecule has 12 heteroatoms. The molecule has 38 heavy (non-hydrogen) atoms. The molecule has 2 N–H and O–H groups in total. The normalized spacial score (nSPS) is 12.3. The second-order valence-electron chi connectivity index (χ2n) is 8.53. The number of nitrogens with zero attached hydrogens (tertiary/aromatic N) is 1. The van der Waals surface area contributed by atoms with Crippen molar-refractivity contribution in [2.24, 2.45) is 0 Å². The van der Waals surface area contributed by atoms with Gasteiger partial charge in [0, 0.05) is 30.3 Å². The summed E-state index contributed by atoms with van der Waals surface area (Å²) >= 11 is 5.68. The quantitative estimate of drug-likeness (QED) is 0.209. The third kappa shape index (κ3) is 6.83. The third-order valence-corrected chi connectivity index (χ3v) is 6.14. The van der Waals surface area contributed by atoms with Gasteiger partial charge in [0.25, 0.3) is 5.91 Å². The second-order valence-corrected chi connectivity index (χ2v) is 8.94. The van der Waals surface area contributed by atoms with Gasteiger partial charge in [0.15, 0.2) is 11.6 Å². The van der Waals surface area contributed by atoms with E-state index >= 15 is 0 Å². The highest BCUT2D eigenvalue weighted by Gasteiger charge is 2.34. The molecule has 0 unspecified atom stereocenters. The van der Waals surface area contributed by atoms with Gasteiger partial charge in [-0.15, -0.1) is 0 Å². The number of carboxylic acids is 1. The van der Waals surface area contributed by atoms with Crippen LogP contribution in [0.25, 0.3) is 0 Å². The summed E-state index contributed by atoms with van der Waals surface area (Å²) in [5.41, 5.74) is -0.929. The van der Waals surface area contributed by atoms with E-state index in [2.05, 4.69) is 5.32 Å². The first-order valence-electron chi connectivity index (χ1n) is 11.5. The molecular weight excluding hydrogens is 535 g/mol. The predicted molar refractivity (Wildman–Crippen MR) is 131 cm³/mol. The SMILES string of the molecule is CC[C@H](C)n1c(CCOc2cc(Cl)c(F)cc2F)ccc1C(=O)Nc1cc(CC(=O)O)ccc1C(F)(F)F. The largest absolute Gasteiger partial charge is 0.490 e. The average molecular weight is 559 g/mol. The summed E-state index contributed by atoms with van der Waals surface area (Å²) < 4.78 is 75.1. The molecule has 3 aromatic rings. The van der Waals surface area contributed by atoms with Crippen molar-refractivity contribution in [3.05, 3.63) is 81.6 Å². The molecule has 0 aliphatic heterocycles. The maximum Gasteiger partial charge on any atom is 0.418 e. The van der Waals surface area contributed by atoms with Gasteiger partial charge in [0.2, 0.25) is 0 Å². The predicted octanol–water partition coefficient (Wildman–Crippen LogP) is 6.91. The number of hydrogen-bond acceptors (Lipinski definition) is 3. The Kier molecular flexibility index (Phi) is 9.03. The molecule has 2 aromatic carbocycles. The molecule has 1 heterocycles. The van der Waals surface area contributed by atoms with E-state index in [0.717, 1.165) is 24.3 Å². The Hall–Kier alpha value is -3.60. The van der Waals surface area contributed by atoms with Crippen molar-refractivity contribution >= 4 is 29.2 Å². The van der Waals surface area contributed by atoms with Crippen LogP contribution in [0.3, 0.4) is 0 Å². The van der Waals surface area contributed by atoms with E-state index in [0.29, 0.717) is 18.2 Å². The van der Waals surface area contributed by atoms with Crippen LogP contribution in [0.15, 0.2) is 42.5 Å². The van der Waals surface area contributed by atoms with Gasteiger partial charge in [-0.05, 0) is 43.2 Å². The number of ether oxygens (including phenoxy) is 1. The van der Waals surface area contributed by atoms with Gasteiger partial charge in [-0.3, -0.25) is 9.59 Å². The number of carbonyl (C=O) groups is 2. The van der Waals surface area contributed by atoms with E-state index in [4.69, 9.17) is 21.4 Å². The Morgan fingerprint density at radius 1 is 1.11 bits per heavy atom. The van der Waals surface area contributed by atoms with Crippen molar-refractivity contribution in [2.75, 3.05) is 11.9 Å². The molecule has 3 rings (SSSR count). The molecule has 0 aliphatic carbocycles. The Bertz CT molecular complexity index is 1340. The molecule has 0 aliphatic rings. The Morgan fingerprint density at radius 3 is 2.45 bits per heavy atom. The number of aliphatic carboxylic acids is 1. The molecule has 1 aromatic heterocycles. The van der Waals surface area contributed by atoms with Crippen molar-refractivity contribution in [3.8, 4) is 5.75 Å². The van der Waals surface area contributed by atoms with Crippen molar-refractivity contribution in [1.82, 2.24) is 4.57 Å². The van der Waals surface area contributed by atoms with Crippen LogP contribution < -0.4 is 10.1 Å². The highest BCUT2D eigenvalue weighted by Crippen LogP contribution is 2.36. The molecule has 6 nitrogen and oxygen atoms in total. The van der Waals surface area contributed by atoms with E-state index in [1.807, 2.05) is 13.8 Å². The van der Waals surface area contributed by atoms with Gasteiger partial charge in [-0.2, -0.15) is 13.2 Å². The summed E-state index contributed by atoms with van der Waals surface area (Å²) in [6, 6.07) is 7.18. The van der Waals surface area contributed by atoms with Crippen LogP contribution in [0.5, 0.6) is 5.75 Å². The van der Waals surface area contributed by atoms with Gasteiger partial charge >= 0.3 is 12.1 Å². The fraction of sp³-hybridized carbons (Fsp3) is 0.308. The number of aromatic nitrogens is 1. The zero-order valence-electron chi connectivity index (χ0n) is 20.3. The van der Waals surface area contributed by atoms with Crippen molar-refractivity contribution < 1.29 is 41.4 Å². The zero-order valence-corrected chi connectivity index (χ0v) is 21.1. The van der Waals surface area contributed by atoms with Crippen LogP contribution in [0.2, 0.25) is 5.02 Å². The summed E-state index contributed by atoms with van der Waals surface area (Å²) in [5, 5.41) is 11.0. The fourth-order valence-electron chi connectivity index (χ4n) is 3.88. The van der Waals surface area contributed by atoms with Crippen LogP contribution in [0.4, 0.5) is 27.6 Å². The van der Waals surface area contributed by atoms with Crippen LogP contribution in [-0.2, 0) is 23.8 Å². The fourth-order valence-corrected chi connectivity index (χ4v) is 4.03. The number of carbonyl (C=O) groups excluding carboxylic acids is 1. The standard InChI is InChI=1S/C26H24ClF5N2O4/c1-3-14(2)34-16(8-9-38-23-12-18(27)19(28)13-20(23)29)5-7-22(34)25(37)33-21-10-15(11-24(35)36)4-6-17(21)26(30,31)32/h4-7,10,12-14H,3,8-9,11H2,1-2H3,(H,33,37)(H,35,36)/t14-/m0/s1. The van der Waals surface area contributed by atoms with Crippen LogP contribution in [0.1, 0.15) is 53.6 Å². The average Bonchev–Trinajstić information content (AvgIpc) is 3.25. The van der Waals surface area contributed by atoms with Crippen LogP contribution in [0, 0.1) is 11.6 Å². The van der Waals surface area contributed by atoms with Crippen LogP contribution >= 0.6 is 11.6 Å². The second kappa shape index (κ2) is 11.8. The van der Waals surface area contributed by atoms with Gasteiger partial charge < -0.3 is 19.7 Å². The minimum atomic E-state index is -4.79. The number of amides is 1. The van der Waals surface area contributed by atoms with Crippen molar-refractivity contribution in [1.29, 1.82) is 0 Å². The lowest BCUT2D eigenvalue weighted by molar-refractivity contribution is -0.137. The first-order valence-corrected chi connectivity index (χ1v) is 11.9. The molecule has 0 spiro atoms. The topological polar surface area (TPSA) is 80.6 Å². The van der Waals surface area contributed by atoms with Gasteiger partial charge in [0.05, 0.1) is 29.3 Å². The Morgan fingerprint density at radius 2 is 1.82 bits per heavy atom. The number of alkyl halides is 3. The summed E-state index contributed by atoms with van der Waals surface area (Å²) in [4.78, 5) is 24.2. The Balaban J connectivity index is 1.86. The molecule has 204 valence electrons. The maximum atomic E-state index is 14.0. The van der Waals surface area contributed by atoms with E-state index in [1.165, 1.54) is 6.07 Å². The zero-order chi connectivity index (χ0) is 28.2. The highest BCUT2D eigenvalue weighted by atomic mass is 35.5. The molecule has 0 saturated carbocycles. The van der Waals surface area contributed by atoms with Gasteiger partial charge in [-0.25, -0.2) is 8.78 Å². The molecule has 1 atom stereocenters. The van der Waals surface area contributed by atoms with Crippen LogP contribution in [-0.4, -0.2) is 28.2 Å². The van der Waals surface area contributed by atoms with E-state index in [9.17, 15) is 31.5 Å². The Labute approximate surface area is 220 Å². The third-order valence-electron chi connectivity index (χ3n) is 5.85. The molecule has 1 amide bonds.